The van der Waals surface area contributed by atoms with E-state index < -0.39 is 0 Å². The molecule has 2 aliphatic rings. The van der Waals surface area contributed by atoms with Gasteiger partial charge in [-0.15, -0.1) is 0 Å². The Hall–Kier alpha value is -3.11. The molecule has 1 heterocycles. The molecule has 1 aliphatic heterocycles. The van der Waals surface area contributed by atoms with Gasteiger partial charge in [-0.2, -0.15) is 0 Å². The molecule has 0 spiro atoms. The molecule has 4 heteroatoms. The van der Waals surface area contributed by atoms with E-state index in [0.29, 0.717) is 18.6 Å². The Morgan fingerprint density at radius 2 is 1.66 bits per heavy atom. The summed E-state index contributed by atoms with van der Waals surface area (Å²) >= 11 is 0. The lowest BCUT2D eigenvalue weighted by atomic mass is 9.69. The van der Waals surface area contributed by atoms with Crippen LogP contribution < -0.4 is 4.74 Å². The highest BCUT2D eigenvalue weighted by Gasteiger charge is 2.36. The van der Waals surface area contributed by atoms with E-state index >= 15 is 0 Å². The van der Waals surface area contributed by atoms with Crippen molar-refractivity contribution in [1.29, 1.82) is 0 Å². The zero-order valence-corrected chi connectivity index (χ0v) is 18.2. The number of Topliss-reactive ketones (excluding diaryl/α,β-unsaturated/α-hetero) is 1. The summed E-state index contributed by atoms with van der Waals surface area (Å²) in [7, 11) is 0. The van der Waals surface area contributed by atoms with Crippen LogP contribution in [0.4, 0.5) is 0 Å². The molecule has 0 saturated carbocycles. The molecule has 1 aliphatic carbocycles. The van der Waals surface area contributed by atoms with Gasteiger partial charge in [0.2, 0.25) is 0 Å². The summed E-state index contributed by atoms with van der Waals surface area (Å²) in [6.45, 7) is 4.03. The fourth-order valence-corrected chi connectivity index (χ4v) is 5.19. The normalized spacial score (nSPS) is 20.8. The number of ether oxygens (including phenoxy) is 1. The third kappa shape index (κ3) is 4.28. The topological polar surface area (TPSA) is 49.8 Å². The molecule has 2 atom stereocenters. The number of nitrogens with zero attached hydrogens (tertiary/aromatic N) is 1. The molecule has 0 amide bonds. The molecular weight excluding hydrogens is 398 g/mol. The van der Waals surface area contributed by atoms with Crippen LogP contribution in [0.2, 0.25) is 0 Å². The molecule has 5 rings (SSSR count). The highest BCUT2D eigenvalue weighted by atomic mass is 16.5. The number of hydrogen-bond donors (Lipinski definition) is 1. The monoisotopic (exact) mass is 427 g/mol. The first-order chi connectivity index (χ1) is 15.7. The van der Waals surface area contributed by atoms with E-state index in [0.717, 1.165) is 29.0 Å². The minimum Gasteiger partial charge on any atom is -0.508 e. The van der Waals surface area contributed by atoms with Crippen LogP contribution in [-0.4, -0.2) is 42.0 Å². The van der Waals surface area contributed by atoms with Gasteiger partial charge in [0.15, 0.2) is 5.78 Å². The van der Waals surface area contributed by atoms with Crippen LogP contribution in [0, 0.1) is 0 Å². The fraction of sp³-hybridized carbons (Fsp3) is 0.321. The van der Waals surface area contributed by atoms with Gasteiger partial charge >= 0.3 is 0 Å². The number of hydrogen-bond acceptors (Lipinski definition) is 4. The molecule has 0 bridgehead atoms. The van der Waals surface area contributed by atoms with Gasteiger partial charge in [-0.1, -0.05) is 48.5 Å². The van der Waals surface area contributed by atoms with Crippen LogP contribution >= 0.6 is 0 Å². The number of carbonyl (C=O) groups is 1. The van der Waals surface area contributed by atoms with Crippen molar-refractivity contribution < 1.29 is 14.6 Å². The number of rotatable bonds is 6. The fourth-order valence-electron chi connectivity index (χ4n) is 5.19. The van der Waals surface area contributed by atoms with Crippen molar-refractivity contribution >= 4 is 5.78 Å². The highest BCUT2D eigenvalue weighted by Crippen LogP contribution is 2.47. The van der Waals surface area contributed by atoms with Crippen molar-refractivity contribution in [3.63, 3.8) is 0 Å². The summed E-state index contributed by atoms with van der Waals surface area (Å²) < 4.78 is 6.00. The van der Waals surface area contributed by atoms with E-state index in [1.165, 1.54) is 25.9 Å². The minimum absolute atomic E-state index is 0.0457. The maximum Gasteiger partial charge on any atom is 0.163 e. The predicted octanol–water partition coefficient (Wildman–Crippen LogP) is 5.37. The Kier molecular flexibility index (Phi) is 5.95. The molecular formula is C28H29NO3. The summed E-state index contributed by atoms with van der Waals surface area (Å²) in [5, 5.41) is 9.97. The Bertz CT molecular complexity index is 1070. The highest BCUT2D eigenvalue weighted by molar-refractivity contribution is 6.00. The van der Waals surface area contributed by atoms with Gasteiger partial charge in [0, 0.05) is 30.4 Å². The lowest BCUT2D eigenvalue weighted by Crippen LogP contribution is -2.25. The Labute approximate surface area is 189 Å². The number of phenols is 1. The van der Waals surface area contributed by atoms with Crippen molar-refractivity contribution in [1.82, 2.24) is 4.90 Å². The van der Waals surface area contributed by atoms with Gasteiger partial charge in [-0.25, -0.2) is 0 Å². The summed E-state index contributed by atoms with van der Waals surface area (Å²) in [5.41, 5.74) is 3.93. The maximum absolute atomic E-state index is 12.9. The van der Waals surface area contributed by atoms with Crippen molar-refractivity contribution in [3.05, 3.63) is 95.1 Å². The maximum atomic E-state index is 12.9. The number of phenolic OH excluding ortho intramolecular Hbond substituents is 1. The Morgan fingerprint density at radius 3 is 2.41 bits per heavy atom. The molecule has 164 valence electrons. The molecule has 0 aromatic heterocycles. The molecule has 4 nitrogen and oxygen atoms in total. The van der Waals surface area contributed by atoms with E-state index in [2.05, 4.69) is 29.2 Å². The molecule has 32 heavy (non-hydrogen) atoms. The number of aromatic hydroxyl groups is 1. The van der Waals surface area contributed by atoms with Crippen LogP contribution in [0.5, 0.6) is 11.5 Å². The molecule has 2 unspecified atom stereocenters. The SMILES string of the molecule is O=C1CC(c2ccccc2)C(c2ccc(OCCN3CCCC3)cc2)c2ccc(O)cc21. The van der Waals surface area contributed by atoms with E-state index in [4.69, 9.17) is 4.74 Å². The lowest BCUT2D eigenvalue weighted by molar-refractivity contribution is 0.0959. The van der Waals surface area contributed by atoms with Gasteiger partial charge in [0.05, 0.1) is 0 Å². The molecule has 3 aromatic carbocycles. The average Bonchev–Trinajstić information content (AvgIpc) is 3.34. The second-order valence-electron chi connectivity index (χ2n) is 8.86. The zero-order valence-electron chi connectivity index (χ0n) is 18.2. The van der Waals surface area contributed by atoms with Gasteiger partial charge in [0.25, 0.3) is 0 Å². The smallest absolute Gasteiger partial charge is 0.163 e. The van der Waals surface area contributed by atoms with Crippen LogP contribution in [0.1, 0.15) is 58.1 Å². The number of ketones is 1. The van der Waals surface area contributed by atoms with E-state index in [-0.39, 0.29) is 23.4 Å². The largest absolute Gasteiger partial charge is 0.508 e. The summed E-state index contributed by atoms with van der Waals surface area (Å²) in [6, 6.07) is 23.8. The summed E-state index contributed by atoms with van der Waals surface area (Å²) in [5.74, 6) is 1.20. The number of fused-ring (bicyclic) bond motifs is 1. The lowest BCUT2D eigenvalue weighted by Gasteiger charge is -2.34. The van der Waals surface area contributed by atoms with E-state index in [9.17, 15) is 9.90 Å². The second kappa shape index (κ2) is 9.17. The number of carbonyl (C=O) groups excluding carboxylic acids is 1. The van der Waals surface area contributed by atoms with Crippen LogP contribution in [0.15, 0.2) is 72.8 Å². The van der Waals surface area contributed by atoms with Crippen molar-refractivity contribution in [2.45, 2.75) is 31.1 Å². The van der Waals surface area contributed by atoms with E-state index in [1.807, 2.05) is 36.4 Å². The first kappa shape index (κ1) is 20.8. The molecule has 0 radical (unpaired) electrons. The third-order valence-electron chi connectivity index (χ3n) is 6.82. The van der Waals surface area contributed by atoms with Crippen molar-refractivity contribution in [2.75, 3.05) is 26.2 Å². The first-order valence-electron chi connectivity index (χ1n) is 11.6. The first-order valence-corrected chi connectivity index (χ1v) is 11.6. The van der Waals surface area contributed by atoms with Gasteiger partial charge in [-0.05, 0) is 66.9 Å². The number of likely N-dealkylation sites (tertiary alicyclic amines) is 1. The van der Waals surface area contributed by atoms with Gasteiger partial charge < -0.3 is 9.84 Å². The van der Waals surface area contributed by atoms with Crippen molar-refractivity contribution in [3.8, 4) is 11.5 Å². The minimum atomic E-state index is 0.0457. The van der Waals surface area contributed by atoms with Crippen LogP contribution in [0.25, 0.3) is 0 Å². The van der Waals surface area contributed by atoms with Crippen LogP contribution in [-0.2, 0) is 0 Å². The zero-order chi connectivity index (χ0) is 21.9. The van der Waals surface area contributed by atoms with Gasteiger partial charge in [-0.3, -0.25) is 9.69 Å². The molecule has 1 saturated heterocycles. The average molecular weight is 428 g/mol. The molecule has 1 fully saturated rings. The van der Waals surface area contributed by atoms with Crippen LogP contribution in [0.3, 0.4) is 0 Å². The second-order valence-corrected chi connectivity index (χ2v) is 8.86. The van der Waals surface area contributed by atoms with Gasteiger partial charge in [0.1, 0.15) is 18.1 Å². The standard InChI is InChI=1S/C28H29NO3/c30-22-10-13-24-26(18-22)27(31)19-25(20-6-2-1-3-7-20)28(24)21-8-11-23(12-9-21)32-17-16-29-14-4-5-15-29/h1-3,6-13,18,25,28,30H,4-5,14-17,19H2. The predicted molar refractivity (Wildman–Crippen MR) is 126 cm³/mol. The Balaban J connectivity index is 1.42. The molecule has 3 aromatic rings. The van der Waals surface area contributed by atoms with E-state index in [1.54, 1.807) is 12.1 Å². The summed E-state index contributed by atoms with van der Waals surface area (Å²) in [4.78, 5) is 15.4. The van der Waals surface area contributed by atoms with Crippen molar-refractivity contribution in [2.24, 2.45) is 0 Å². The quantitative estimate of drug-likeness (QED) is 0.575. The Morgan fingerprint density at radius 1 is 0.906 bits per heavy atom. The summed E-state index contributed by atoms with van der Waals surface area (Å²) in [6.07, 6.45) is 3.01. The third-order valence-corrected chi connectivity index (χ3v) is 6.82. The number of benzene rings is 3. The molecule has 1 N–H and O–H groups in total.